The smallest absolute Gasteiger partial charge is 0.356 e. The monoisotopic (exact) mass is 270 g/mol. The van der Waals surface area contributed by atoms with Gasteiger partial charge in [-0.2, -0.15) is 0 Å². The van der Waals surface area contributed by atoms with Crippen LogP contribution in [0.4, 0.5) is 0 Å². The van der Waals surface area contributed by atoms with Crippen LogP contribution in [0.1, 0.15) is 22.0 Å². The number of carbonyl (C=O) groups excluding carboxylic acids is 2. The summed E-state index contributed by atoms with van der Waals surface area (Å²) in [6.07, 6.45) is 0. The maximum absolute atomic E-state index is 11.8. The number of carbonyl (C=O) groups is 2. The predicted molar refractivity (Wildman–Crippen MR) is 73.4 cm³/mol. The van der Waals surface area contributed by atoms with Gasteiger partial charge in [0.15, 0.2) is 0 Å². The summed E-state index contributed by atoms with van der Waals surface area (Å²) in [4.78, 5) is 28.1. The molecule has 0 aliphatic heterocycles. The van der Waals surface area contributed by atoms with Gasteiger partial charge in [0.1, 0.15) is 6.04 Å². The molecule has 0 spiro atoms. The predicted octanol–water partition coefficient (Wildman–Crippen LogP) is 1.57. The minimum absolute atomic E-state index is 0.385. The van der Waals surface area contributed by atoms with Gasteiger partial charge in [-0.05, 0) is 17.7 Å². The Morgan fingerprint density at radius 2 is 1.50 bits per heavy atom. The second-order valence-electron chi connectivity index (χ2n) is 4.12. The van der Waals surface area contributed by atoms with Crippen LogP contribution >= 0.6 is 0 Å². The standard InChI is InChI=1S/C15H14N2O3/c16-14(18)13(11-7-3-1-4-8-11)17-20-15(19)12-9-5-2-6-10-12/h1-10,13,17H,(H2,16,18)/t13-/m0/s1. The van der Waals surface area contributed by atoms with Crippen LogP contribution in [0.25, 0.3) is 0 Å². The van der Waals surface area contributed by atoms with Gasteiger partial charge >= 0.3 is 5.97 Å². The molecule has 0 unspecified atom stereocenters. The molecule has 3 N–H and O–H groups in total. The molecule has 0 aliphatic rings. The summed E-state index contributed by atoms with van der Waals surface area (Å²) in [6, 6.07) is 16.4. The van der Waals surface area contributed by atoms with Crippen molar-refractivity contribution in [3.05, 3.63) is 71.8 Å². The highest BCUT2D eigenvalue weighted by Crippen LogP contribution is 2.12. The number of nitrogens with one attached hydrogen (secondary N) is 1. The van der Waals surface area contributed by atoms with Crippen LogP contribution in [0.2, 0.25) is 0 Å². The topological polar surface area (TPSA) is 81.4 Å². The van der Waals surface area contributed by atoms with Crippen LogP contribution < -0.4 is 11.2 Å². The Labute approximate surface area is 116 Å². The number of rotatable bonds is 5. The number of hydrogen-bond acceptors (Lipinski definition) is 4. The van der Waals surface area contributed by atoms with Crippen molar-refractivity contribution in [2.24, 2.45) is 5.73 Å². The summed E-state index contributed by atoms with van der Waals surface area (Å²) in [6.45, 7) is 0. The fourth-order valence-corrected chi connectivity index (χ4v) is 1.68. The van der Waals surface area contributed by atoms with Gasteiger partial charge in [0.05, 0.1) is 5.56 Å². The first-order valence-electron chi connectivity index (χ1n) is 6.04. The second-order valence-corrected chi connectivity index (χ2v) is 4.12. The molecule has 0 saturated heterocycles. The van der Waals surface area contributed by atoms with Gasteiger partial charge in [0.2, 0.25) is 5.91 Å². The van der Waals surface area contributed by atoms with Crippen molar-refractivity contribution in [1.29, 1.82) is 0 Å². The summed E-state index contributed by atoms with van der Waals surface area (Å²) in [5.74, 6) is -1.20. The Balaban J connectivity index is 2.04. The third kappa shape index (κ3) is 3.43. The SMILES string of the molecule is NC(=O)[C@@H](NOC(=O)c1ccccc1)c1ccccc1. The molecule has 0 fully saturated rings. The molecular formula is C15H14N2O3. The van der Waals surface area contributed by atoms with Crippen molar-refractivity contribution in [2.45, 2.75) is 6.04 Å². The number of hydroxylamine groups is 1. The zero-order valence-electron chi connectivity index (χ0n) is 10.7. The first-order valence-corrected chi connectivity index (χ1v) is 6.04. The van der Waals surface area contributed by atoms with Gasteiger partial charge in [-0.15, -0.1) is 5.48 Å². The van der Waals surface area contributed by atoms with Gasteiger partial charge in [-0.3, -0.25) is 4.79 Å². The molecule has 0 bridgehead atoms. The Bertz CT molecular complexity index is 585. The van der Waals surface area contributed by atoms with E-state index in [-0.39, 0.29) is 0 Å². The Morgan fingerprint density at radius 3 is 2.05 bits per heavy atom. The lowest BCUT2D eigenvalue weighted by Gasteiger charge is -2.15. The highest BCUT2D eigenvalue weighted by atomic mass is 16.7. The normalized spacial score (nSPS) is 11.6. The van der Waals surface area contributed by atoms with Crippen LogP contribution in [0.5, 0.6) is 0 Å². The molecule has 5 nitrogen and oxygen atoms in total. The third-order valence-corrected chi connectivity index (χ3v) is 2.70. The number of amides is 1. The fraction of sp³-hybridized carbons (Fsp3) is 0.0667. The van der Waals surface area contributed by atoms with Crippen LogP contribution in [0.3, 0.4) is 0 Å². The molecule has 102 valence electrons. The van der Waals surface area contributed by atoms with Gasteiger partial charge in [-0.1, -0.05) is 48.5 Å². The van der Waals surface area contributed by atoms with E-state index in [4.69, 9.17) is 10.6 Å². The lowest BCUT2D eigenvalue weighted by molar-refractivity contribution is -0.122. The minimum Gasteiger partial charge on any atom is -0.368 e. The number of primary amides is 1. The molecule has 1 atom stereocenters. The van der Waals surface area contributed by atoms with E-state index in [1.807, 2.05) is 6.07 Å². The number of hydrogen-bond donors (Lipinski definition) is 2. The Hall–Kier alpha value is -2.66. The van der Waals surface area contributed by atoms with E-state index < -0.39 is 17.9 Å². The molecule has 0 saturated carbocycles. The van der Waals surface area contributed by atoms with Crippen LogP contribution in [-0.4, -0.2) is 11.9 Å². The van der Waals surface area contributed by atoms with E-state index >= 15 is 0 Å². The van der Waals surface area contributed by atoms with Gasteiger partial charge in [0.25, 0.3) is 0 Å². The zero-order valence-corrected chi connectivity index (χ0v) is 10.7. The summed E-state index contributed by atoms with van der Waals surface area (Å²) >= 11 is 0. The molecule has 2 rings (SSSR count). The van der Waals surface area contributed by atoms with Crippen LogP contribution in [0, 0.1) is 0 Å². The van der Waals surface area contributed by atoms with E-state index in [1.54, 1.807) is 54.6 Å². The molecule has 0 radical (unpaired) electrons. The largest absolute Gasteiger partial charge is 0.368 e. The maximum atomic E-state index is 11.8. The lowest BCUT2D eigenvalue weighted by Crippen LogP contribution is -2.35. The average molecular weight is 270 g/mol. The van der Waals surface area contributed by atoms with Gasteiger partial charge in [-0.25, -0.2) is 4.79 Å². The van der Waals surface area contributed by atoms with E-state index in [9.17, 15) is 9.59 Å². The maximum Gasteiger partial charge on any atom is 0.356 e. The van der Waals surface area contributed by atoms with E-state index in [0.717, 1.165) is 0 Å². The first kappa shape index (κ1) is 13.8. The molecule has 5 heteroatoms. The van der Waals surface area contributed by atoms with E-state index in [2.05, 4.69) is 5.48 Å². The third-order valence-electron chi connectivity index (χ3n) is 2.70. The van der Waals surface area contributed by atoms with Crippen molar-refractivity contribution >= 4 is 11.9 Å². The van der Waals surface area contributed by atoms with Crippen molar-refractivity contribution in [3.63, 3.8) is 0 Å². The van der Waals surface area contributed by atoms with Gasteiger partial charge in [0, 0.05) is 0 Å². The van der Waals surface area contributed by atoms with Crippen molar-refractivity contribution in [3.8, 4) is 0 Å². The zero-order chi connectivity index (χ0) is 14.4. The Kier molecular flexibility index (Phi) is 4.47. The Morgan fingerprint density at radius 1 is 0.950 bits per heavy atom. The average Bonchev–Trinajstić information content (AvgIpc) is 2.49. The summed E-state index contributed by atoms with van der Waals surface area (Å²) in [5, 5.41) is 0. The molecule has 2 aromatic rings. The number of benzene rings is 2. The molecule has 0 aliphatic carbocycles. The number of nitrogens with two attached hydrogens (primary N) is 1. The van der Waals surface area contributed by atoms with Crippen LogP contribution in [0.15, 0.2) is 60.7 Å². The molecule has 20 heavy (non-hydrogen) atoms. The summed E-state index contributed by atoms with van der Waals surface area (Å²) < 4.78 is 0. The fourth-order valence-electron chi connectivity index (χ4n) is 1.68. The quantitative estimate of drug-likeness (QED) is 0.808. The van der Waals surface area contributed by atoms with Crippen molar-refractivity contribution in [2.75, 3.05) is 0 Å². The molecule has 1 amide bonds. The summed E-state index contributed by atoms with van der Waals surface area (Å²) in [7, 11) is 0. The summed E-state index contributed by atoms with van der Waals surface area (Å²) in [5.41, 5.74) is 8.72. The first-order chi connectivity index (χ1) is 9.68. The van der Waals surface area contributed by atoms with Crippen LogP contribution in [-0.2, 0) is 9.63 Å². The highest BCUT2D eigenvalue weighted by molar-refractivity contribution is 5.89. The molecule has 0 aromatic heterocycles. The molecule has 0 heterocycles. The lowest BCUT2D eigenvalue weighted by atomic mass is 10.1. The second kappa shape index (κ2) is 6.49. The minimum atomic E-state index is -0.885. The highest BCUT2D eigenvalue weighted by Gasteiger charge is 2.19. The van der Waals surface area contributed by atoms with E-state index in [0.29, 0.717) is 11.1 Å². The van der Waals surface area contributed by atoms with Crippen molar-refractivity contribution in [1.82, 2.24) is 5.48 Å². The van der Waals surface area contributed by atoms with Crippen molar-refractivity contribution < 1.29 is 14.4 Å². The van der Waals surface area contributed by atoms with E-state index in [1.165, 1.54) is 0 Å². The molecular weight excluding hydrogens is 256 g/mol. The van der Waals surface area contributed by atoms with Gasteiger partial charge < -0.3 is 10.6 Å². The molecule has 2 aromatic carbocycles.